The van der Waals surface area contributed by atoms with Crippen molar-refractivity contribution in [1.29, 1.82) is 0 Å². The molecule has 0 aliphatic rings. The van der Waals surface area contributed by atoms with Crippen LogP contribution in [0, 0.1) is 17.0 Å². The Bertz CT molecular complexity index is 689. The van der Waals surface area contributed by atoms with E-state index in [1.54, 1.807) is 17.8 Å². The van der Waals surface area contributed by atoms with Crippen LogP contribution in [0.15, 0.2) is 24.3 Å². The molecule has 0 unspecified atom stereocenters. The summed E-state index contributed by atoms with van der Waals surface area (Å²) in [5.74, 6) is -0.155. The highest BCUT2D eigenvalue weighted by molar-refractivity contribution is 6.03. The predicted octanol–water partition coefficient (Wildman–Crippen LogP) is 1.90. The minimum absolute atomic E-state index is 0.165. The van der Waals surface area contributed by atoms with Crippen molar-refractivity contribution in [1.82, 2.24) is 9.78 Å². The molecule has 0 bridgehead atoms. The molecule has 1 aromatic heterocycles. The lowest BCUT2D eigenvalue weighted by molar-refractivity contribution is -0.384. The molecule has 0 saturated heterocycles. The van der Waals surface area contributed by atoms with E-state index in [9.17, 15) is 14.9 Å². The number of carbonyl (C=O) groups excluding carboxylic acids is 1. The maximum atomic E-state index is 12.1. The molecule has 0 fully saturated rings. The van der Waals surface area contributed by atoms with Gasteiger partial charge in [0.1, 0.15) is 5.75 Å². The van der Waals surface area contributed by atoms with Gasteiger partial charge in [0.25, 0.3) is 11.6 Å². The van der Waals surface area contributed by atoms with Crippen molar-refractivity contribution in [2.24, 2.45) is 7.05 Å². The number of rotatable bonds is 4. The van der Waals surface area contributed by atoms with Crippen molar-refractivity contribution in [3.8, 4) is 5.75 Å². The Morgan fingerprint density at radius 1 is 1.38 bits per heavy atom. The number of ether oxygens (including phenoxy) is 1. The smallest absolute Gasteiger partial charge is 0.276 e. The highest BCUT2D eigenvalue weighted by atomic mass is 16.6. The number of aryl methyl sites for hydroxylation is 2. The van der Waals surface area contributed by atoms with Gasteiger partial charge in [-0.15, -0.1) is 0 Å². The molecule has 8 nitrogen and oxygen atoms in total. The van der Waals surface area contributed by atoms with Gasteiger partial charge < -0.3 is 10.1 Å². The molecule has 2 aromatic rings. The lowest BCUT2D eigenvalue weighted by Gasteiger charge is -2.06. The summed E-state index contributed by atoms with van der Waals surface area (Å²) in [6, 6.07) is 5.67. The minimum Gasteiger partial charge on any atom is -0.496 e. The Labute approximate surface area is 120 Å². The molecule has 1 aromatic carbocycles. The molecule has 0 radical (unpaired) electrons. The predicted molar refractivity (Wildman–Crippen MR) is 75.5 cm³/mol. The van der Waals surface area contributed by atoms with Crippen LogP contribution in [0.3, 0.4) is 0 Å². The van der Waals surface area contributed by atoms with Gasteiger partial charge in [-0.1, -0.05) is 0 Å². The zero-order valence-electron chi connectivity index (χ0n) is 11.8. The minimum atomic E-state index is -0.552. The largest absolute Gasteiger partial charge is 0.496 e. The SMILES string of the molecule is COc1cc(NC(=O)c2cc(C)n(C)n2)cc([N+](=O)[O-])c1. The van der Waals surface area contributed by atoms with Gasteiger partial charge in [0.2, 0.25) is 0 Å². The number of benzene rings is 1. The average molecular weight is 290 g/mol. The van der Waals surface area contributed by atoms with Gasteiger partial charge in [-0.05, 0) is 13.0 Å². The normalized spacial score (nSPS) is 10.2. The third-order valence-corrected chi connectivity index (χ3v) is 2.94. The summed E-state index contributed by atoms with van der Waals surface area (Å²) in [6.45, 7) is 1.82. The van der Waals surface area contributed by atoms with Crippen LogP contribution in [0.5, 0.6) is 5.75 Å². The Morgan fingerprint density at radius 3 is 2.62 bits per heavy atom. The average Bonchev–Trinajstić information content (AvgIpc) is 2.78. The number of nitro benzene ring substituents is 1. The van der Waals surface area contributed by atoms with E-state index in [0.717, 1.165) is 5.69 Å². The van der Waals surface area contributed by atoms with Crippen LogP contribution in [0.4, 0.5) is 11.4 Å². The van der Waals surface area contributed by atoms with E-state index in [0.29, 0.717) is 0 Å². The molecule has 8 heteroatoms. The Hall–Kier alpha value is -2.90. The lowest BCUT2D eigenvalue weighted by atomic mass is 10.2. The summed E-state index contributed by atoms with van der Waals surface area (Å²) in [5, 5.41) is 17.5. The van der Waals surface area contributed by atoms with Crippen LogP contribution in [0.2, 0.25) is 0 Å². The number of hydrogen-bond donors (Lipinski definition) is 1. The summed E-state index contributed by atoms with van der Waals surface area (Å²) >= 11 is 0. The van der Waals surface area contributed by atoms with Crippen LogP contribution in [-0.2, 0) is 7.05 Å². The third kappa shape index (κ3) is 3.16. The number of anilines is 1. The first-order valence-corrected chi connectivity index (χ1v) is 6.06. The van der Waals surface area contributed by atoms with Gasteiger partial charge in [-0.3, -0.25) is 19.6 Å². The van der Waals surface area contributed by atoms with Crippen molar-refractivity contribution in [2.45, 2.75) is 6.92 Å². The van der Waals surface area contributed by atoms with Gasteiger partial charge in [-0.2, -0.15) is 5.10 Å². The zero-order valence-corrected chi connectivity index (χ0v) is 11.8. The standard InChI is InChI=1S/C13H14N4O4/c1-8-4-12(15-16(8)2)13(18)14-9-5-10(17(19)20)7-11(6-9)21-3/h4-7H,1-3H3,(H,14,18). The number of amides is 1. The number of carbonyl (C=O) groups is 1. The van der Waals surface area contributed by atoms with E-state index in [1.807, 2.05) is 6.92 Å². The maximum Gasteiger partial charge on any atom is 0.276 e. The topological polar surface area (TPSA) is 99.3 Å². The molecule has 1 heterocycles. The fourth-order valence-corrected chi connectivity index (χ4v) is 1.75. The highest BCUT2D eigenvalue weighted by Gasteiger charge is 2.15. The van der Waals surface area contributed by atoms with E-state index >= 15 is 0 Å². The number of methoxy groups -OCH3 is 1. The van der Waals surface area contributed by atoms with Crippen LogP contribution >= 0.6 is 0 Å². The molecule has 1 N–H and O–H groups in total. The summed E-state index contributed by atoms with van der Waals surface area (Å²) < 4.78 is 6.55. The van der Waals surface area contributed by atoms with Crippen molar-refractivity contribution in [3.05, 3.63) is 45.8 Å². The van der Waals surface area contributed by atoms with Gasteiger partial charge in [0, 0.05) is 24.9 Å². The highest BCUT2D eigenvalue weighted by Crippen LogP contribution is 2.26. The molecule has 0 saturated carbocycles. The van der Waals surface area contributed by atoms with Crippen molar-refractivity contribution in [2.75, 3.05) is 12.4 Å². The lowest BCUT2D eigenvalue weighted by Crippen LogP contribution is -2.13. The second-order valence-electron chi connectivity index (χ2n) is 4.43. The van der Waals surface area contributed by atoms with Gasteiger partial charge >= 0.3 is 0 Å². The van der Waals surface area contributed by atoms with E-state index in [-0.39, 0.29) is 22.8 Å². The van der Waals surface area contributed by atoms with E-state index in [2.05, 4.69) is 10.4 Å². The van der Waals surface area contributed by atoms with Crippen molar-refractivity contribution >= 4 is 17.3 Å². The number of aromatic nitrogens is 2. The summed E-state index contributed by atoms with van der Waals surface area (Å²) in [4.78, 5) is 22.4. The van der Waals surface area contributed by atoms with E-state index < -0.39 is 10.8 Å². The summed E-state index contributed by atoms with van der Waals surface area (Å²) in [6.07, 6.45) is 0. The van der Waals surface area contributed by atoms with Crippen LogP contribution < -0.4 is 10.1 Å². The molecule has 0 atom stereocenters. The first-order chi connectivity index (χ1) is 9.90. The number of nitro groups is 1. The van der Waals surface area contributed by atoms with Crippen LogP contribution in [0.1, 0.15) is 16.2 Å². The second kappa shape index (κ2) is 5.61. The quantitative estimate of drug-likeness (QED) is 0.684. The fraction of sp³-hybridized carbons (Fsp3) is 0.231. The Balaban J connectivity index is 2.28. The Kier molecular flexibility index (Phi) is 3.88. The van der Waals surface area contributed by atoms with Gasteiger partial charge in [0.05, 0.1) is 23.8 Å². The molecule has 0 spiro atoms. The van der Waals surface area contributed by atoms with Crippen molar-refractivity contribution in [3.63, 3.8) is 0 Å². The molecule has 110 valence electrons. The van der Waals surface area contributed by atoms with Gasteiger partial charge in [0.15, 0.2) is 5.69 Å². The van der Waals surface area contributed by atoms with Crippen LogP contribution in [-0.4, -0.2) is 27.7 Å². The number of non-ortho nitro benzene ring substituents is 1. The molecule has 21 heavy (non-hydrogen) atoms. The van der Waals surface area contributed by atoms with Crippen molar-refractivity contribution < 1.29 is 14.5 Å². The summed E-state index contributed by atoms with van der Waals surface area (Å²) in [5.41, 5.74) is 1.17. The third-order valence-electron chi connectivity index (χ3n) is 2.94. The molecule has 0 aliphatic heterocycles. The molecular weight excluding hydrogens is 276 g/mol. The van der Waals surface area contributed by atoms with E-state index in [4.69, 9.17) is 4.74 Å². The van der Waals surface area contributed by atoms with Crippen LogP contribution in [0.25, 0.3) is 0 Å². The van der Waals surface area contributed by atoms with Gasteiger partial charge in [-0.25, -0.2) is 0 Å². The maximum absolute atomic E-state index is 12.1. The molecule has 1 amide bonds. The second-order valence-corrected chi connectivity index (χ2v) is 4.43. The zero-order chi connectivity index (χ0) is 15.6. The first kappa shape index (κ1) is 14.5. The first-order valence-electron chi connectivity index (χ1n) is 6.06. The number of nitrogens with zero attached hydrogens (tertiary/aromatic N) is 3. The fourth-order valence-electron chi connectivity index (χ4n) is 1.75. The van der Waals surface area contributed by atoms with E-state index in [1.165, 1.54) is 25.3 Å². The molecule has 2 rings (SSSR count). The number of nitrogens with one attached hydrogen (secondary N) is 1. The number of hydrogen-bond acceptors (Lipinski definition) is 5. The molecule has 0 aliphatic carbocycles. The Morgan fingerprint density at radius 2 is 2.10 bits per heavy atom. The summed E-state index contributed by atoms with van der Waals surface area (Å²) in [7, 11) is 3.12. The molecular formula is C13H14N4O4. The monoisotopic (exact) mass is 290 g/mol.